The summed E-state index contributed by atoms with van der Waals surface area (Å²) in [5.74, 6) is -20.2. The second-order valence-corrected chi connectivity index (χ2v) is 27.2. The van der Waals surface area contributed by atoms with Crippen LogP contribution < -0.4 is 91.6 Å². The Kier molecular flexibility index (Phi) is 38.1. The first-order valence-corrected chi connectivity index (χ1v) is 36.0. The molecule has 626 valence electrons. The first-order valence-electron chi connectivity index (χ1n) is 36.0. The van der Waals surface area contributed by atoms with Gasteiger partial charge in [0.05, 0.1) is 44.7 Å². The van der Waals surface area contributed by atoms with Crippen molar-refractivity contribution < 1.29 is 118 Å². The van der Waals surface area contributed by atoms with E-state index in [0.717, 1.165) is 6.92 Å². The van der Waals surface area contributed by atoms with Crippen LogP contribution >= 0.6 is 0 Å². The Morgan fingerprint density at radius 2 is 0.739 bits per heavy atom. The van der Waals surface area contributed by atoms with Crippen molar-refractivity contribution in [2.75, 3.05) is 26.2 Å². The van der Waals surface area contributed by atoms with Crippen LogP contribution in [0.25, 0.3) is 0 Å². The Balaban J connectivity index is 1.47. The van der Waals surface area contributed by atoms with Crippen LogP contribution in [0, 0.1) is 11.3 Å². The number of aliphatic carboxylic acids is 2. The number of aromatic hydroxyl groups is 4. The molecule has 4 aromatic rings. The molecular formula is C73H100N18O24. The number of aliphatic hydroxyl groups is 2. The number of hydrogen-bond acceptors (Lipinski definition) is 24. The summed E-state index contributed by atoms with van der Waals surface area (Å²) in [7, 11) is 0. The highest BCUT2D eigenvalue weighted by Crippen LogP contribution is 2.18. The molecule has 42 nitrogen and oxygen atoms in total. The topological polar surface area (TPSA) is 705 Å². The van der Waals surface area contributed by atoms with Crippen LogP contribution in [0.2, 0.25) is 0 Å². The van der Waals surface area contributed by atoms with Gasteiger partial charge >= 0.3 is 11.9 Å². The molecule has 4 rings (SSSR count). The molecular weight excluding hydrogens is 1510 g/mol. The van der Waals surface area contributed by atoms with Crippen LogP contribution in [0.5, 0.6) is 23.0 Å². The molecule has 14 amide bonds. The van der Waals surface area contributed by atoms with Crippen molar-refractivity contribution in [2.24, 2.45) is 23.1 Å². The Hall–Kier alpha value is -13.3. The van der Waals surface area contributed by atoms with E-state index in [9.17, 15) is 118 Å². The van der Waals surface area contributed by atoms with Gasteiger partial charge in [0.25, 0.3) is 0 Å². The van der Waals surface area contributed by atoms with Gasteiger partial charge in [-0.25, -0.2) is 4.79 Å². The molecule has 0 saturated carbocycles. The average Bonchev–Trinajstić information content (AvgIpc) is 0.856. The van der Waals surface area contributed by atoms with Crippen LogP contribution in [0.3, 0.4) is 0 Å². The van der Waals surface area contributed by atoms with Gasteiger partial charge in [-0.1, -0.05) is 62.4 Å². The number of carboxylic acids is 2. The molecule has 0 unspecified atom stereocenters. The highest BCUT2D eigenvalue weighted by molar-refractivity contribution is 6.01. The number of phenolic OH excluding ortho intramolecular Hbond substituents is 4. The van der Waals surface area contributed by atoms with Crippen molar-refractivity contribution in [2.45, 2.75) is 171 Å². The summed E-state index contributed by atoms with van der Waals surface area (Å²) in [5.41, 5.74) is 18.2. The molecule has 115 heavy (non-hydrogen) atoms. The number of amides is 14. The summed E-state index contributed by atoms with van der Waals surface area (Å²) in [6, 6.07) is 1.89. The van der Waals surface area contributed by atoms with E-state index in [1.54, 1.807) is 13.8 Å². The highest BCUT2D eigenvalue weighted by Gasteiger charge is 2.38. The number of aliphatic hydroxyl groups excluding tert-OH is 2. The Morgan fingerprint density at radius 1 is 0.391 bits per heavy atom. The lowest BCUT2D eigenvalue weighted by Crippen LogP contribution is -2.62. The lowest BCUT2D eigenvalue weighted by molar-refractivity contribution is -0.142. The van der Waals surface area contributed by atoms with Gasteiger partial charge in [-0.15, -0.1) is 0 Å². The first-order chi connectivity index (χ1) is 54.1. The Labute approximate surface area is 658 Å². The summed E-state index contributed by atoms with van der Waals surface area (Å²) >= 11 is 0. The average molecular weight is 1610 g/mol. The highest BCUT2D eigenvalue weighted by atomic mass is 16.4. The molecule has 0 fully saturated rings. The van der Waals surface area contributed by atoms with E-state index in [1.807, 2.05) is 5.32 Å². The number of hydrogen-bond donors (Lipinski definition) is 26. The number of carbonyl (C=O) groups excluding carboxylic acids is 14. The Bertz CT molecular complexity index is 4080. The maximum atomic E-state index is 14.2. The van der Waals surface area contributed by atoms with Crippen molar-refractivity contribution in [1.82, 2.24) is 74.4 Å². The number of nitrogens with one attached hydrogen (secondary N) is 15. The van der Waals surface area contributed by atoms with Gasteiger partial charge in [0.2, 0.25) is 82.7 Å². The number of carbonyl (C=O) groups is 16. The summed E-state index contributed by atoms with van der Waals surface area (Å²) < 4.78 is 0. The monoisotopic (exact) mass is 1610 g/mol. The van der Waals surface area contributed by atoms with Gasteiger partial charge in [0, 0.05) is 32.2 Å². The fourth-order valence-corrected chi connectivity index (χ4v) is 10.8. The van der Waals surface area contributed by atoms with E-state index < -0.39 is 218 Å². The van der Waals surface area contributed by atoms with Crippen molar-refractivity contribution in [1.29, 1.82) is 5.41 Å². The number of benzene rings is 4. The fourth-order valence-electron chi connectivity index (χ4n) is 10.8. The molecule has 4 aromatic carbocycles. The summed E-state index contributed by atoms with van der Waals surface area (Å²) in [6.45, 7) is 3.60. The number of carboxylic acid groups (broad SMARTS) is 2. The molecule has 0 aliphatic heterocycles. The molecule has 0 aliphatic carbocycles. The second-order valence-electron chi connectivity index (χ2n) is 27.2. The third-order valence-electron chi connectivity index (χ3n) is 17.0. The minimum absolute atomic E-state index is 0.0120. The van der Waals surface area contributed by atoms with Crippen molar-refractivity contribution in [3.63, 3.8) is 0 Å². The van der Waals surface area contributed by atoms with Crippen molar-refractivity contribution in [3.8, 4) is 23.0 Å². The lowest BCUT2D eigenvalue weighted by atomic mass is 10.0. The van der Waals surface area contributed by atoms with Gasteiger partial charge in [-0.2, -0.15) is 0 Å². The van der Waals surface area contributed by atoms with E-state index in [1.165, 1.54) is 111 Å². The molecule has 13 atom stereocenters. The van der Waals surface area contributed by atoms with E-state index in [2.05, 4.69) is 69.1 Å². The van der Waals surface area contributed by atoms with Crippen LogP contribution in [0.15, 0.2) is 97.1 Å². The van der Waals surface area contributed by atoms with Crippen molar-refractivity contribution in [3.05, 3.63) is 119 Å². The number of phenols is 4. The smallest absolute Gasteiger partial charge is 0.326 e. The molecule has 0 aliphatic rings. The normalized spacial score (nSPS) is 14.3. The van der Waals surface area contributed by atoms with E-state index >= 15 is 0 Å². The molecule has 29 N–H and O–H groups in total. The predicted octanol–water partition coefficient (Wildman–Crippen LogP) is -7.17. The first kappa shape index (κ1) is 94.1. The van der Waals surface area contributed by atoms with E-state index in [4.69, 9.17) is 22.6 Å². The minimum Gasteiger partial charge on any atom is -0.508 e. The summed E-state index contributed by atoms with van der Waals surface area (Å²) in [4.78, 5) is 216. The van der Waals surface area contributed by atoms with Crippen LogP contribution in [-0.4, -0.2) is 246 Å². The van der Waals surface area contributed by atoms with Gasteiger partial charge in [0.1, 0.15) is 89.5 Å². The molecule has 0 heterocycles. The van der Waals surface area contributed by atoms with Crippen molar-refractivity contribution >= 4 is 101 Å². The lowest BCUT2D eigenvalue weighted by Gasteiger charge is -2.28. The molecule has 0 radical (unpaired) electrons. The summed E-state index contributed by atoms with van der Waals surface area (Å²) in [5, 5.41) is 120. The quantitative estimate of drug-likeness (QED) is 0.0111. The zero-order valence-electron chi connectivity index (χ0n) is 63.4. The largest absolute Gasteiger partial charge is 0.508 e. The third-order valence-corrected chi connectivity index (χ3v) is 17.0. The molecule has 0 bridgehead atoms. The minimum atomic E-state index is -2.13. The zero-order chi connectivity index (χ0) is 85.9. The maximum absolute atomic E-state index is 14.2. The number of guanidine groups is 1. The van der Waals surface area contributed by atoms with Crippen LogP contribution in [0.4, 0.5) is 0 Å². The van der Waals surface area contributed by atoms with E-state index in [-0.39, 0.29) is 79.5 Å². The SMILES string of the molecule is CC(C)C[C@H](NC(=O)[C@H](CCCNC(=N)N)NC(=O)[C@@H](NC(=O)[C@H](CO)NC(=O)[C@H](CC(=O)O)NC(=O)CNC(=O)[C@H](Cc1ccc(O)cc1)NC(=O)[C@H](CC(N)=O)NC(=O)CNC(=O)[C@H](Cc1ccc(O)cc1)NC(=O)[C@H](Cc1ccc(O)cc1)NC(=O)[C@H](C)N)[C@@H](C)O)C(=O)N[C@@H](C)C(=O)N[C@@H](Cc1ccc(O)cc1)C(=O)O. The molecule has 42 heteroatoms. The predicted molar refractivity (Wildman–Crippen MR) is 405 cm³/mol. The number of primary amides is 1. The maximum Gasteiger partial charge on any atom is 0.326 e. The zero-order valence-corrected chi connectivity index (χ0v) is 63.4. The van der Waals surface area contributed by atoms with Crippen LogP contribution in [0.1, 0.15) is 89.0 Å². The molecule has 0 spiro atoms. The van der Waals surface area contributed by atoms with Gasteiger partial charge in [-0.3, -0.25) is 77.3 Å². The van der Waals surface area contributed by atoms with Crippen LogP contribution in [-0.2, 0) is 102 Å². The standard InChI is InChI=1S/C73H100N18O24/c1-35(2)25-48(66(108)81-37(4)62(104)89-54(72(114)115)29-42-14-22-46(97)23-15-42)86-65(107)47(7-6-24-78-73(76)77)84-71(113)60(38(5)93)91-70(112)55(34-92)90-69(111)53(31-59(101)102)83-58(100)33-80-64(106)50(27-40-10-18-44(95)19-11-40)88-68(110)52(30-56(75)98)82-57(99)32-79-63(105)49(26-39-8-16-43(94)17-9-39)87-67(109)51(85-61(103)36(3)74)28-41-12-20-45(96)21-13-41/h8-23,35-38,47-55,60,92-97H,6-7,24-34,74H2,1-5H3,(H2,75,98)(H,79,105)(H,80,106)(H,81,108)(H,82,99)(H,83,100)(H,84,113)(H,85,103)(H,86,107)(H,87,109)(H,88,110)(H,89,104)(H,90,111)(H,91,112)(H,101,102)(H,114,115)(H4,76,77,78)/t36-,37-,38+,47-,48-,49-,50-,51-,52-,53-,54-,55-,60-/m0/s1. The van der Waals surface area contributed by atoms with Gasteiger partial charge in [-0.05, 0) is 117 Å². The van der Waals surface area contributed by atoms with E-state index in [0.29, 0.717) is 16.7 Å². The molecule has 0 aromatic heterocycles. The molecule has 0 saturated heterocycles. The van der Waals surface area contributed by atoms with Gasteiger partial charge in [0.15, 0.2) is 5.96 Å². The number of nitrogens with two attached hydrogens (primary N) is 3. The second kappa shape index (κ2) is 46.5. The Morgan fingerprint density at radius 3 is 1.12 bits per heavy atom. The fraction of sp³-hybridized carbons (Fsp3) is 0.438. The third kappa shape index (κ3) is 34.1. The van der Waals surface area contributed by atoms with Gasteiger partial charge < -0.3 is 132 Å². The summed E-state index contributed by atoms with van der Waals surface area (Å²) in [6.07, 6.45) is -5.46. The number of rotatable bonds is 47.